The van der Waals surface area contributed by atoms with Crippen LogP contribution in [0.5, 0.6) is 11.5 Å². The van der Waals surface area contributed by atoms with Crippen molar-refractivity contribution in [1.82, 2.24) is 5.32 Å². The zero-order chi connectivity index (χ0) is 14.7. The average Bonchev–Trinajstić information content (AvgIpc) is 2.96. The lowest BCUT2D eigenvalue weighted by Crippen LogP contribution is -2.52. The van der Waals surface area contributed by atoms with E-state index >= 15 is 0 Å². The van der Waals surface area contributed by atoms with E-state index in [0.717, 1.165) is 30.8 Å². The van der Waals surface area contributed by atoms with E-state index < -0.39 is 5.79 Å². The summed E-state index contributed by atoms with van der Waals surface area (Å²) in [4.78, 5) is 0. The van der Waals surface area contributed by atoms with E-state index in [2.05, 4.69) is 5.32 Å². The first-order valence-electron chi connectivity index (χ1n) is 7.50. The summed E-state index contributed by atoms with van der Waals surface area (Å²) in [6.45, 7) is 1.35. The lowest BCUT2D eigenvalue weighted by molar-refractivity contribution is -0.196. The van der Waals surface area contributed by atoms with Gasteiger partial charge < -0.3 is 24.3 Å². The van der Waals surface area contributed by atoms with Gasteiger partial charge in [0.05, 0.1) is 20.3 Å². The fourth-order valence-electron chi connectivity index (χ4n) is 3.17. The molecule has 1 spiro atoms. The molecule has 21 heavy (non-hydrogen) atoms. The minimum Gasteiger partial charge on any atom is -0.497 e. The maximum Gasteiger partial charge on any atom is 0.172 e. The second-order valence-electron chi connectivity index (χ2n) is 5.58. The Kier molecular flexibility index (Phi) is 4.33. The quantitative estimate of drug-likeness (QED) is 0.919. The van der Waals surface area contributed by atoms with Gasteiger partial charge in [-0.2, -0.15) is 0 Å². The number of hydrogen-bond acceptors (Lipinski definition) is 5. The van der Waals surface area contributed by atoms with Crippen LogP contribution in [0.3, 0.4) is 0 Å². The maximum absolute atomic E-state index is 6.19. The Morgan fingerprint density at radius 3 is 2.71 bits per heavy atom. The molecule has 0 radical (unpaired) electrons. The van der Waals surface area contributed by atoms with Crippen LogP contribution in [-0.2, 0) is 9.47 Å². The van der Waals surface area contributed by atoms with Crippen LogP contribution in [0, 0.1) is 0 Å². The lowest BCUT2D eigenvalue weighted by atomic mass is 9.87. The molecule has 1 aliphatic heterocycles. The van der Waals surface area contributed by atoms with Crippen molar-refractivity contribution < 1.29 is 18.9 Å². The number of benzene rings is 1. The second kappa shape index (κ2) is 6.22. The third-order valence-electron chi connectivity index (χ3n) is 4.31. The molecule has 2 unspecified atom stereocenters. The molecule has 2 atom stereocenters. The van der Waals surface area contributed by atoms with E-state index in [0.29, 0.717) is 19.3 Å². The van der Waals surface area contributed by atoms with E-state index in [9.17, 15) is 0 Å². The molecule has 116 valence electrons. The highest BCUT2D eigenvalue weighted by atomic mass is 16.7. The molecule has 5 heteroatoms. The fraction of sp³-hybridized carbons (Fsp3) is 0.625. The molecule has 3 rings (SSSR count). The van der Waals surface area contributed by atoms with Crippen LogP contribution in [-0.4, -0.2) is 45.3 Å². The predicted molar refractivity (Wildman–Crippen MR) is 78.7 cm³/mol. The standard InChI is InChI=1S/C16H23NO4/c1-17-14-6-7-16(19-8-9-20-16)11-15(14)21-13-5-3-4-12(10-13)18-2/h3-5,10,14-15,17H,6-9,11H2,1-2H3. The molecule has 1 heterocycles. The average molecular weight is 293 g/mol. The molecular weight excluding hydrogens is 270 g/mol. The van der Waals surface area contributed by atoms with Gasteiger partial charge in [-0.05, 0) is 25.6 Å². The van der Waals surface area contributed by atoms with Crippen LogP contribution in [0.1, 0.15) is 19.3 Å². The van der Waals surface area contributed by atoms with Gasteiger partial charge in [0.2, 0.25) is 0 Å². The number of ether oxygens (including phenoxy) is 4. The lowest BCUT2D eigenvalue weighted by Gasteiger charge is -2.40. The van der Waals surface area contributed by atoms with Gasteiger partial charge in [0.15, 0.2) is 5.79 Å². The topological polar surface area (TPSA) is 49.0 Å². The van der Waals surface area contributed by atoms with E-state index in [1.807, 2.05) is 31.3 Å². The predicted octanol–water partition coefficient (Wildman–Crippen LogP) is 1.96. The van der Waals surface area contributed by atoms with Crippen molar-refractivity contribution in [2.75, 3.05) is 27.4 Å². The van der Waals surface area contributed by atoms with Gasteiger partial charge in [0, 0.05) is 24.9 Å². The maximum atomic E-state index is 6.19. The van der Waals surface area contributed by atoms with Crippen molar-refractivity contribution in [2.24, 2.45) is 0 Å². The molecule has 1 aromatic rings. The summed E-state index contributed by atoms with van der Waals surface area (Å²) >= 11 is 0. The summed E-state index contributed by atoms with van der Waals surface area (Å²) in [7, 11) is 3.63. The SMILES string of the molecule is CNC1CCC2(CC1Oc1cccc(OC)c1)OCCO2. The molecule has 5 nitrogen and oxygen atoms in total. The molecule has 1 saturated heterocycles. The number of nitrogens with one attached hydrogen (secondary N) is 1. The Morgan fingerprint density at radius 1 is 1.24 bits per heavy atom. The van der Waals surface area contributed by atoms with E-state index in [1.165, 1.54) is 0 Å². The molecule has 0 aromatic heterocycles. The van der Waals surface area contributed by atoms with Crippen molar-refractivity contribution in [3.8, 4) is 11.5 Å². The molecular formula is C16H23NO4. The summed E-state index contributed by atoms with van der Waals surface area (Å²) in [5.74, 6) is 1.17. The first kappa shape index (κ1) is 14.6. The van der Waals surface area contributed by atoms with Crippen LogP contribution in [0.4, 0.5) is 0 Å². The van der Waals surface area contributed by atoms with Crippen molar-refractivity contribution >= 4 is 0 Å². The molecule has 2 aliphatic rings. The second-order valence-corrected chi connectivity index (χ2v) is 5.58. The van der Waals surface area contributed by atoms with Crippen LogP contribution < -0.4 is 14.8 Å². The third-order valence-corrected chi connectivity index (χ3v) is 4.31. The van der Waals surface area contributed by atoms with Crippen LogP contribution in [0.2, 0.25) is 0 Å². The van der Waals surface area contributed by atoms with Crippen molar-refractivity contribution in [2.45, 2.75) is 37.2 Å². The van der Waals surface area contributed by atoms with Crippen LogP contribution in [0.15, 0.2) is 24.3 Å². The van der Waals surface area contributed by atoms with Crippen molar-refractivity contribution in [1.29, 1.82) is 0 Å². The van der Waals surface area contributed by atoms with E-state index in [4.69, 9.17) is 18.9 Å². The Hall–Kier alpha value is -1.30. The summed E-state index contributed by atoms with van der Waals surface area (Å²) < 4.78 is 23.1. The van der Waals surface area contributed by atoms with E-state index in [1.54, 1.807) is 7.11 Å². The molecule has 1 aromatic carbocycles. The van der Waals surface area contributed by atoms with Gasteiger partial charge in [-0.15, -0.1) is 0 Å². The number of rotatable bonds is 4. The molecule has 1 saturated carbocycles. The Balaban J connectivity index is 1.73. The number of methoxy groups -OCH3 is 1. The normalized spacial score (nSPS) is 27.7. The molecule has 0 bridgehead atoms. The Morgan fingerprint density at radius 2 is 2.00 bits per heavy atom. The largest absolute Gasteiger partial charge is 0.497 e. The summed E-state index contributed by atoms with van der Waals surface area (Å²) in [6.07, 6.45) is 2.66. The highest BCUT2D eigenvalue weighted by molar-refractivity contribution is 5.33. The molecule has 2 fully saturated rings. The van der Waals surface area contributed by atoms with Gasteiger partial charge in [-0.25, -0.2) is 0 Å². The highest BCUT2D eigenvalue weighted by Gasteiger charge is 2.45. The van der Waals surface area contributed by atoms with Gasteiger partial charge >= 0.3 is 0 Å². The van der Waals surface area contributed by atoms with Crippen LogP contribution >= 0.6 is 0 Å². The van der Waals surface area contributed by atoms with Crippen molar-refractivity contribution in [3.63, 3.8) is 0 Å². The Bertz CT molecular complexity index is 473. The number of likely N-dealkylation sites (N-methyl/N-ethyl adjacent to an activating group) is 1. The Labute approximate surface area is 125 Å². The monoisotopic (exact) mass is 293 g/mol. The zero-order valence-corrected chi connectivity index (χ0v) is 12.6. The summed E-state index contributed by atoms with van der Waals surface area (Å²) in [5, 5.41) is 3.34. The fourth-order valence-corrected chi connectivity index (χ4v) is 3.17. The molecule has 1 N–H and O–H groups in total. The molecule has 1 aliphatic carbocycles. The first-order chi connectivity index (χ1) is 10.2. The van der Waals surface area contributed by atoms with Gasteiger partial charge in [0.1, 0.15) is 17.6 Å². The zero-order valence-electron chi connectivity index (χ0n) is 12.6. The smallest absolute Gasteiger partial charge is 0.172 e. The minimum absolute atomic E-state index is 0.0222. The van der Waals surface area contributed by atoms with E-state index in [-0.39, 0.29) is 6.10 Å². The summed E-state index contributed by atoms with van der Waals surface area (Å²) in [6, 6.07) is 8.00. The number of hydrogen-bond donors (Lipinski definition) is 1. The summed E-state index contributed by atoms with van der Waals surface area (Å²) in [5.41, 5.74) is 0. The van der Waals surface area contributed by atoms with Gasteiger partial charge in [-0.3, -0.25) is 0 Å². The highest BCUT2D eigenvalue weighted by Crippen LogP contribution is 2.37. The third kappa shape index (κ3) is 3.15. The van der Waals surface area contributed by atoms with Crippen LogP contribution in [0.25, 0.3) is 0 Å². The van der Waals surface area contributed by atoms with Crippen molar-refractivity contribution in [3.05, 3.63) is 24.3 Å². The first-order valence-corrected chi connectivity index (χ1v) is 7.50. The van der Waals surface area contributed by atoms with Gasteiger partial charge in [-0.1, -0.05) is 6.07 Å². The van der Waals surface area contributed by atoms with Gasteiger partial charge in [0.25, 0.3) is 0 Å². The minimum atomic E-state index is -0.448. The molecule has 0 amide bonds.